The molecule has 2 aliphatic rings. The quantitative estimate of drug-likeness (QED) is 0.881. The summed E-state index contributed by atoms with van der Waals surface area (Å²) in [5, 5.41) is 13.4. The van der Waals surface area contributed by atoms with Crippen LogP contribution in [-0.4, -0.2) is 11.0 Å². The molecule has 1 heterocycles. The zero-order chi connectivity index (χ0) is 15.0. The molecule has 1 saturated carbocycles. The van der Waals surface area contributed by atoms with E-state index in [0.717, 1.165) is 35.6 Å². The zero-order valence-corrected chi connectivity index (χ0v) is 13.0. The second-order valence-electron chi connectivity index (χ2n) is 7.13. The monoisotopic (exact) mass is 287 g/mol. The van der Waals surface area contributed by atoms with Gasteiger partial charge in [-0.3, -0.25) is 4.79 Å². The molecule has 1 aliphatic heterocycles. The lowest BCUT2D eigenvalue weighted by Crippen LogP contribution is -2.26. The molecule has 0 saturated heterocycles. The smallest absolute Gasteiger partial charge is 0.234 e. The highest BCUT2D eigenvalue weighted by Gasteiger charge is 2.38. The van der Waals surface area contributed by atoms with Crippen molar-refractivity contribution in [1.82, 2.24) is 0 Å². The second kappa shape index (κ2) is 5.45. The maximum Gasteiger partial charge on any atom is 0.234 e. The summed E-state index contributed by atoms with van der Waals surface area (Å²) in [6.45, 7) is 3.87. The van der Waals surface area contributed by atoms with E-state index in [0.29, 0.717) is 0 Å². The van der Waals surface area contributed by atoms with Gasteiger partial charge in [-0.1, -0.05) is 37.8 Å². The summed E-state index contributed by atoms with van der Waals surface area (Å²) in [7, 11) is 0. The third-order valence-electron chi connectivity index (χ3n) is 5.24. The summed E-state index contributed by atoms with van der Waals surface area (Å²) in [5.74, 6) is 0.837. The number of aliphatic hydroxyl groups excluding tert-OH is 1. The van der Waals surface area contributed by atoms with Crippen LogP contribution in [0.15, 0.2) is 18.2 Å². The Bertz CT molecular complexity index is 544. The van der Waals surface area contributed by atoms with E-state index >= 15 is 0 Å². The van der Waals surface area contributed by atoms with Crippen LogP contribution in [0.2, 0.25) is 0 Å². The molecular formula is C18H25NO2. The molecule has 1 fully saturated rings. The van der Waals surface area contributed by atoms with Gasteiger partial charge in [0.05, 0.1) is 11.5 Å². The summed E-state index contributed by atoms with van der Waals surface area (Å²) in [6.07, 6.45) is 6.86. The second-order valence-corrected chi connectivity index (χ2v) is 7.13. The van der Waals surface area contributed by atoms with E-state index in [4.69, 9.17) is 0 Å². The number of hydrogen-bond donors (Lipinski definition) is 2. The van der Waals surface area contributed by atoms with E-state index in [1.807, 2.05) is 32.0 Å². The van der Waals surface area contributed by atoms with E-state index in [9.17, 15) is 9.90 Å². The van der Waals surface area contributed by atoms with Gasteiger partial charge in [0.2, 0.25) is 5.91 Å². The van der Waals surface area contributed by atoms with Crippen molar-refractivity contribution in [1.29, 1.82) is 0 Å². The van der Waals surface area contributed by atoms with Crippen molar-refractivity contribution in [3.8, 4) is 0 Å². The van der Waals surface area contributed by atoms with Crippen LogP contribution in [0.25, 0.3) is 0 Å². The highest BCUT2D eigenvalue weighted by Crippen LogP contribution is 2.39. The Kier molecular flexibility index (Phi) is 3.78. The first kappa shape index (κ1) is 14.6. The predicted molar refractivity (Wildman–Crippen MR) is 84.2 cm³/mol. The van der Waals surface area contributed by atoms with Crippen LogP contribution in [0.1, 0.15) is 69.6 Å². The van der Waals surface area contributed by atoms with Crippen molar-refractivity contribution in [2.24, 2.45) is 5.92 Å². The predicted octanol–water partition coefficient (Wildman–Crippen LogP) is 3.92. The molecule has 3 heteroatoms. The Labute approximate surface area is 126 Å². The van der Waals surface area contributed by atoms with Gasteiger partial charge in [0, 0.05) is 5.69 Å². The normalized spacial score (nSPS) is 22.1. The minimum Gasteiger partial charge on any atom is -0.388 e. The van der Waals surface area contributed by atoms with Crippen LogP contribution in [-0.2, 0) is 10.2 Å². The van der Waals surface area contributed by atoms with Gasteiger partial charge >= 0.3 is 0 Å². The molecule has 0 bridgehead atoms. The Hall–Kier alpha value is -1.35. The topological polar surface area (TPSA) is 49.3 Å². The van der Waals surface area contributed by atoms with Crippen molar-refractivity contribution in [2.45, 2.75) is 63.9 Å². The SMILES string of the molecule is CC1(C)C(=O)Nc2ccc(C(O)CCC3CCCC3)cc21. The first-order valence-corrected chi connectivity index (χ1v) is 8.12. The van der Waals surface area contributed by atoms with Crippen LogP contribution >= 0.6 is 0 Å². The molecule has 0 radical (unpaired) electrons. The molecule has 1 unspecified atom stereocenters. The Balaban J connectivity index is 1.71. The van der Waals surface area contributed by atoms with Gasteiger partial charge < -0.3 is 10.4 Å². The molecule has 1 aromatic rings. The first-order valence-electron chi connectivity index (χ1n) is 8.12. The molecular weight excluding hydrogens is 262 g/mol. The van der Waals surface area contributed by atoms with Gasteiger partial charge in [-0.15, -0.1) is 0 Å². The Morgan fingerprint density at radius 2 is 2.05 bits per heavy atom. The first-order chi connectivity index (χ1) is 9.98. The fourth-order valence-corrected chi connectivity index (χ4v) is 3.66. The number of anilines is 1. The molecule has 21 heavy (non-hydrogen) atoms. The molecule has 114 valence electrons. The van der Waals surface area contributed by atoms with E-state index < -0.39 is 11.5 Å². The van der Waals surface area contributed by atoms with Crippen LogP contribution in [0.5, 0.6) is 0 Å². The molecule has 1 atom stereocenters. The molecule has 2 N–H and O–H groups in total. The van der Waals surface area contributed by atoms with Gasteiger partial charge in [0.1, 0.15) is 0 Å². The van der Waals surface area contributed by atoms with Gasteiger partial charge in [0.15, 0.2) is 0 Å². The molecule has 3 nitrogen and oxygen atoms in total. The average molecular weight is 287 g/mol. The number of fused-ring (bicyclic) bond motifs is 1. The highest BCUT2D eigenvalue weighted by atomic mass is 16.3. The fraction of sp³-hybridized carbons (Fsp3) is 0.611. The van der Waals surface area contributed by atoms with E-state index in [1.54, 1.807) is 0 Å². The lowest BCUT2D eigenvalue weighted by atomic mass is 9.84. The molecule has 1 aromatic carbocycles. The third-order valence-corrected chi connectivity index (χ3v) is 5.24. The third kappa shape index (κ3) is 2.71. The largest absolute Gasteiger partial charge is 0.388 e. The van der Waals surface area contributed by atoms with Crippen LogP contribution in [0.4, 0.5) is 5.69 Å². The summed E-state index contributed by atoms with van der Waals surface area (Å²) in [6, 6.07) is 5.88. The fourth-order valence-electron chi connectivity index (χ4n) is 3.66. The van der Waals surface area contributed by atoms with Crippen molar-refractivity contribution in [3.63, 3.8) is 0 Å². The van der Waals surface area contributed by atoms with Gasteiger partial charge in [-0.25, -0.2) is 0 Å². The van der Waals surface area contributed by atoms with E-state index in [-0.39, 0.29) is 5.91 Å². The van der Waals surface area contributed by atoms with Gasteiger partial charge in [0.25, 0.3) is 0 Å². The summed E-state index contributed by atoms with van der Waals surface area (Å²) in [5.41, 5.74) is 2.33. The number of carbonyl (C=O) groups is 1. The zero-order valence-electron chi connectivity index (χ0n) is 13.0. The van der Waals surface area contributed by atoms with Crippen molar-refractivity contribution in [2.75, 3.05) is 5.32 Å². The van der Waals surface area contributed by atoms with Crippen LogP contribution < -0.4 is 5.32 Å². The van der Waals surface area contributed by atoms with Crippen LogP contribution in [0, 0.1) is 5.92 Å². The number of nitrogens with one attached hydrogen (secondary N) is 1. The minimum atomic E-state index is -0.503. The summed E-state index contributed by atoms with van der Waals surface area (Å²) >= 11 is 0. The van der Waals surface area contributed by atoms with Gasteiger partial charge in [-0.2, -0.15) is 0 Å². The Morgan fingerprint density at radius 1 is 1.33 bits per heavy atom. The summed E-state index contributed by atoms with van der Waals surface area (Å²) < 4.78 is 0. The number of hydrogen-bond acceptors (Lipinski definition) is 2. The van der Waals surface area contributed by atoms with Crippen molar-refractivity contribution in [3.05, 3.63) is 29.3 Å². The maximum atomic E-state index is 12.0. The molecule has 0 spiro atoms. The number of amides is 1. The lowest BCUT2D eigenvalue weighted by Gasteiger charge is -2.18. The number of carbonyl (C=O) groups excluding carboxylic acids is 1. The van der Waals surface area contributed by atoms with Crippen LogP contribution in [0.3, 0.4) is 0 Å². The van der Waals surface area contributed by atoms with Crippen molar-refractivity contribution < 1.29 is 9.90 Å². The minimum absolute atomic E-state index is 0.0371. The molecule has 1 aliphatic carbocycles. The summed E-state index contributed by atoms with van der Waals surface area (Å²) in [4.78, 5) is 12.0. The maximum absolute atomic E-state index is 12.0. The van der Waals surface area contributed by atoms with E-state index in [1.165, 1.54) is 25.7 Å². The average Bonchev–Trinajstić information content (AvgIpc) is 3.04. The van der Waals surface area contributed by atoms with E-state index in [2.05, 4.69) is 5.32 Å². The number of rotatable bonds is 4. The standard InChI is InChI=1S/C18H25NO2/c1-18(2)14-11-13(8-9-15(14)19-17(18)21)16(20)10-7-12-5-3-4-6-12/h8-9,11-12,16,20H,3-7,10H2,1-2H3,(H,19,21). The lowest BCUT2D eigenvalue weighted by molar-refractivity contribution is -0.119. The molecule has 1 amide bonds. The Morgan fingerprint density at radius 3 is 2.76 bits per heavy atom. The van der Waals surface area contributed by atoms with Gasteiger partial charge in [-0.05, 0) is 49.8 Å². The van der Waals surface area contributed by atoms with Crippen molar-refractivity contribution >= 4 is 11.6 Å². The number of benzene rings is 1. The molecule has 3 rings (SSSR count). The molecule has 0 aromatic heterocycles. The highest BCUT2D eigenvalue weighted by molar-refractivity contribution is 6.05. The number of aliphatic hydroxyl groups is 1.